The molecule has 0 aromatic carbocycles. The van der Waals surface area contributed by atoms with Crippen LogP contribution >= 0.6 is 0 Å². The van der Waals surface area contributed by atoms with Gasteiger partial charge >= 0.3 is 23.9 Å². The number of nitrogens with one attached hydrogen (secondary N) is 8. The summed E-state index contributed by atoms with van der Waals surface area (Å²) < 4.78 is 7.71. The molecule has 0 aromatic heterocycles. The molecular formula is C68H114N8O9. The van der Waals surface area contributed by atoms with Crippen molar-refractivity contribution in [1.29, 1.82) is 0 Å². The van der Waals surface area contributed by atoms with Crippen molar-refractivity contribution in [1.82, 2.24) is 42.5 Å². The SMILES string of the molecule is C=CC1C2CC3NC(CC4NC(CC5NC(CC(N2)C1C)C(C)C5CCC(=O)O)C(CCC(=O)O)C4C)C(C(C)OC(C)C1C2CC4NC(CC5NC(CC6NC(CC(N2)C1C)C(C=C)C6C)C(C)C5CCC(=O)O)C(CCC(=O)O)C4C)C3C. The fraction of sp³-hybridized carbons (Fsp3) is 0.882. The maximum absolute atomic E-state index is 12.3. The molecule has 34 atom stereocenters. The molecule has 0 aromatic rings. The summed E-state index contributed by atoms with van der Waals surface area (Å²) in [5, 5.41) is 73.7. The molecule has 0 amide bonds. The summed E-state index contributed by atoms with van der Waals surface area (Å²) >= 11 is 0. The number of hydrogen-bond donors (Lipinski definition) is 12. The zero-order chi connectivity index (χ0) is 61.0. The molecule has 10 rings (SSSR count). The highest BCUT2D eigenvalue weighted by molar-refractivity contribution is 5.67. The third-order valence-corrected chi connectivity index (χ3v) is 26.4. The van der Waals surface area contributed by atoms with Crippen LogP contribution in [0.5, 0.6) is 0 Å². The zero-order valence-corrected chi connectivity index (χ0v) is 53.3. The molecule has 10 aliphatic heterocycles. The van der Waals surface area contributed by atoms with E-state index in [4.69, 9.17) is 4.74 Å². The summed E-state index contributed by atoms with van der Waals surface area (Å²) in [6, 6.07) is 3.06. The van der Waals surface area contributed by atoms with Crippen LogP contribution in [0.15, 0.2) is 25.3 Å². The molecule has 480 valence electrons. The Hall–Kier alpha value is -3.00. The van der Waals surface area contributed by atoms with E-state index in [2.05, 4.69) is 137 Å². The van der Waals surface area contributed by atoms with Crippen LogP contribution in [0.4, 0.5) is 0 Å². The molecule has 0 spiro atoms. The Balaban J connectivity index is 0.937. The van der Waals surface area contributed by atoms with E-state index in [-0.39, 0.29) is 182 Å². The van der Waals surface area contributed by atoms with Crippen LogP contribution in [0.1, 0.15) is 172 Å². The third kappa shape index (κ3) is 13.6. The zero-order valence-electron chi connectivity index (χ0n) is 53.3. The number of rotatable bonds is 18. The van der Waals surface area contributed by atoms with Crippen LogP contribution in [0.3, 0.4) is 0 Å². The number of hydrogen-bond acceptors (Lipinski definition) is 13. The van der Waals surface area contributed by atoms with Gasteiger partial charge in [-0.25, -0.2) is 0 Å². The van der Waals surface area contributed by atoms with Crippen molar-refractivity contribution >= 4 is 23.9 Å². The van der Waals surface area contributed by atoms with Crippen molar-refractivity contribution in [2.75, 3.05) is 0 Å². The average Bonchev–Trinajstić information content (AvgIpc) is 2.79. The molecule has 12 N–H and O–H groups in total. The monoisotopic (exact) mass is 1190 g/mol. The fourth-order valence-electron chi connectivity index (χ4n) is 21.7. The van der Waals surface area contributed by atoms with Crippen LogP contribution in [0, 0.1) is 94.7 Å². The maximum atomic E-state index is 12.3. The van der Waals surface area contributed by atoms with Gasteiger partial charge in [0.25, 0.3) is 0 Å². The van der Waals surface area contributed by atoms with Crippen LogP contribution in [0.25, 0.3) is 0 Å². The Morgan fingerprint density at radius 3 is 0.835 bits per heavy atom. The van der Waals surface area contributed by atoms with Crippen LogP contribution < -0.4 is 42.5 Å². The van der Waals surface area contributed by atoms with Crippen molar-refractivity contribution in [2.45, 2.75) is 281 Å². The molecule has 17 nitrogen and oxygen atoms in total. The minimum atomic E-state index is -0.764. The molecule has 85 heavy (non-hydrogen) atoms. The van der Waals surface area contributed by atoms with Crippen molar-refractivity contribution in [3.63, 3.8) is 0 Å². The largest absolute Gasteiger partial charge is 0.481 e. The first-order chi connectivity index (χ1) is 40.4. The third-order valence-electron chi connectivity index (χ3n) is 26.4. The van der Waals surface area contributed by atoms with Crippen molar-refractivity contribution in [3.05, 3.63) is 25.3 Å². The lowest BCUT2D eigenvalue weighted by molar-refractivity contribution is -0.138. The van der Waals surface area contributed by atoms with Crippen molar-refractivity contribution in [2.24, 2.45) is 94.7 Å². The fourth-order valence-corrected chi connectivity index (χ4v) is 21.7. The lowest BCUT2D eigenvalue weighted by Gasteiger charge is -2.37. The number of ether oxygens (including phenoxy) is 1. The van der Waals surface area contributed by atoms with Gasteiger partial charge in [0.05, 0.1) is 12.2 Å². The number of carboxylic acid groups (broad SMARTS) is 4. The molecule has 0 aliphatic carbocycles. The Kier molecular flexibility index (Phi) is 20.8. The molecule has 10 aliphatic rings. The number of fused-ring (bicyclic) bond motifs is 16. The lowest BCUT2D eigenvalue weighted by atomic mass is 9.76. The van der Waals surface area contributed by atoms with Gasteiger partial charge in [0, 0.05) is 134 Å². The van der Waals surface area contributed by atoms with Gasteiger partial charge in [-0.1, -0.05) is 67.5 Å². The van der Waals surface area contributed by atoms with Crippen molar-refractivity contribution < 1.29 is 44.3 Å². The normalized spacial score (nSPS) is 49.3. The first-order valence-electron chi connectivity index (χ1n) is 34.3. The topological polar surface area (TPSA) is 255 Å². The van der Waals surface area contributed by atoms with Gasteiger partial charge in [-0.05, 0) is 174 Å². The molecule has 34 unspecified atom stereocenters. The Morgan fingerprint density at radius 2 is 0.565 bits per heavy atom. The summed E-state index contributed by atoms with van der Waals surface area (Å²) in [4.78, 5) is 48.8. The van der Waals surface area contributed by atoms with E-state index < -0.39 is 23.9 Å². The summed E-state index contributed by atoms with van der Waals surface area (Å²) in [7, 11) is 0. The van der Waals surface area contributed by atoms with Gasteiger partial charge in [0.15, 0.2) is 0 Å². The van der Waals surface area contributed by atoms with E-state index in [1.54, 1.807) is 0 Å². The number of carbonyl (C=O) groups is 4. The first kappa shape index (κ1) is 65.0. The maximum Gasteiger partial charge on any atom is 0.303 e. The summed E-state index contributed by atoms with van der Waals surface area (Å²) in [5.74, 6) is 1.16. The Morgan fingerprint density at radius 1 is 0.353 bits per heavy atom. The summed E-state index contributed by atoms with van der Waals surface area (Å²) in [5.41, 5.74) is 0. The van der Waals surface area contributed by atoms with Crippen molar-refractivity contribution in [3.8, 4) is 0 Å². The predicted molar refractivity (Wildman–Crippen MR) is 332 cm³/mol. The van der Waals surface area contributed by atoms with Gasteiger partial charge in [-0.3, -0.25) is 19.2 Å². The molecule has 0 saturated carbocycles. The Labute approximate surface area is 509 Å². The van der Waals surface area contributed by atoms with Crippen LogP contribution in [-0.2, 0) is 23.9 Å². The minimum absolute atomic E-state index is 0.0795. The van der Waals surface area contributed by atoms with Gasteiger partial charge in [-0.2, -0.15) is 0 Å². The number of aliphatic carboxylic acids is 4. The molecule has 0 radical (unpaired) electrons. The summed E-state index contributed by atoms with van der Waals surface area (Å²) in [6.45, 7) is 32.6. The molecule has 10 heterocycles. The molecule has 10 fully saturated rings. The van der Waals surface area contributed by atoms with E-state index in [9.17, 15) is 39.6 Å². The highest BCUT2D eigenvalue weighted by Crippen LogP contribution is 2.49. The second-order valence-electron chi connectivity index (χ2n) is 30.5. The standard InChI is InChI=1S/C68H114N8O9/c1-13-41-31(3)47-23-49-33(5)43(15-19-63(77)78)57(71-49)29-59-45(17-21-65(81)82)35(7)51(73-59)27-61-67(37(9)53(75-61)25-55(41)69-47)39(11)85-40(12)68-38(10)54-26-56-42(14-2)32(4)48(70-56)24-50-34(6)44(16-20-64(79)80)58(72-50)30-60-46(18-22-66(83)84)36(8)52(74-60)28-62(68)76-54/h13-14,31-62,67-76H,1-2,15-30H2,3-12H3,(H,77,78)(H,79,80)(H,81,82)(H,83,84). The van der Waals surface area contributed by atoms with Crippen LogP contribution in [0.2, 0.25) is 0 Å². The Bertz CT molecular complexity index is 2190. The smallest absolute Gasteiger partial charge is 0.303 e. The van der Waals surface area contributed by atoms with E-state index in [0.717, 1.165) is 51.4 Å². The lowest BCUT2D eigenvalue weighted by Crippen LogP contribution is -2.47. The summed E-state index contributed by atoms with van der Waals surface area (Å²) in [6.07, 6.45) is 14.6. The van der Waals surface area contributed by atoms with Gasteiger partial charge in [0.1, 0.15) is 0 Å². The molecule has 17 heteroatoms. The van der Waals surface area contributed by atoms with Gasteiger partial charge in [0.2, 0.25) is 0 Å². The predicted octanol–water partition coefficient (Wildman–Crippen LogP) is 7.50. The minimum Gasteiger partial charge on any atom is -0.481 e. The molecular weight excluding hydrogens is 1070 g/mol. The van der Waals surface area contributed by atoms with E-state index in [0.29, 0.717) is 73.0 Å². The van der Waals surface area contributed by atoms with Crippen LogP contribution in [-0.4, -0.2) is 153 Å². The second kappa shape index (κ2) is 27.2. The molecule has 10 saturated heterocycles. The van der Waals surface area contributed by atoms with E-state index in [1.807, 2.05) is 0 Å². The van der Waals surface area contributed by atoms with E-state index >= 15 is 0 Å². The first-order valence-corrected chi connectivity index (χ1v) is 34.3. The van der Waals surface area contributed by atoms with Gasteiger partial charge in [-0.15, -0.1) is 13.2 Å². The second-order valence-corrected chi connectivity index (χ2v) is 30.5. The highest BCUT2D eigenvalue weighted by atomic mass is 16.5. The van der Waals surface area contributed by atoms with E-state index in [1.165, 1.54) is 0 Å². The average molecular weight is 1190 g/mol. The highest BCUT2D eigenvalue weighted by Gasteiger charge is 2.56. The number of carboxylic acids is 4. The molecule has 16 bridgehead atoms. The quantitative estimate of drug-likeness (QED) is 0.0594. The van der Waals surface area contributed by atoms with Gasteiger partial charge < -0.3 is 67.7 Å².